The van der Waals surface area contributed by atoms with Crippen LogP contribution in [0, 0.1) is 18.8 Å². The third kappa shape index (κ3) is 3.29. The number of hydrogen-bond acceptors (Lipinski definition) is 6. The molecule has 2 aromatic rings. The van der Waals surface area contributed by atoms with Crippen LogP contribution in [0.3, 0.4) is 0 Å². The molecule has 0 aromatic heterocycles. The number of phenols is 1. The van der Waals surface area contributed by atoms with E-state index in [1.54, 1.807) is 19.1 Å². The first-order valence-electron chi connectivity index (χ1n) is 10.4. The van der Waals surface area contributed by atoms with Crippen molar-refractivity contribution in [3.63, 3.8) is 0 Å². The highest BCUT2D eigenvalue weighted by Crippen LogP contribution is 2.50. The summed E-state index contributed by atoms with van der Waals surface area (Å²) in [6, 6.07) is 13.6. The maximum absolute atomic E-state index is 13.4. The van der Waals surface area contributed by atoms with Crippen molar-refractivity contribution < 1.29 is 24.2 Å². The number of imide groups is 1. The maximum Gasteiger partial charge on any atom is 0.327 e. The number of carbonyl (C=O) groups is 3. The Labute approximate surface area is 181 Å². The van der Waals surface area contributed by atoms with Gasteiger partial charge in [0, 0.05) is 19.5 Å². The van der Waals surface area contributed by atoms with Crippen molar-refractivity contribution in [3.8, 4) is 5.75 Å². The quantitative estimate of drug-likeness (QED) is 0.566. The Balaban J connectivity index is 1.87. The summed E-state index contributed by atoms with van der Waals surface area (Å²) >= 11 is 0. The van der Waals surface area contributed by atoms with Gasteiger partial charge in [-0.1, -0.05) is 36.4 Å². The van der Waals surface area contributed by atoms with Crippen LogP contribution in [0.25, 0.3) is 0 Å². The lowest BCUT2D eigenvalue weighted by Gasteiger charge is -2.33. The molecule has 7 heteroatoms. The van der Waals surface area contributed by atoms with Gasteiger partial charge in [0.1, 0.15) is 11.3 Å². The number of likely N-dealkylation sites (tertiary alicyclic amines) is 1. The summed E-state index contributed by atoms with van der Waals surface area (Å²) in [5, 5.41) is 13.0. The predicted molar refractivity (Wildman–Crippen MR) is 113 cm³/mol. The maximum atomic E-state index is 13.4. The van der Waals surface area contributed by atoms with E-state index >= 15 is 0 Å². The molecule has 2 amide bonds. The smallest absolute Gasteiger partial charge is 0.327 e. The van der Waals surface area contributed by atoms with E-state index < -0.39 is 29.4 Å². The lowest BCUT2D eigenvalue weighted by molar-refractivity contribution is -0.156. The molecule has 162 valence electrons. The summed E-state index contributed by atoms with van der Waals surface area (Å²) in [5.41, 5.74) is 1.20. The molecule has 0 spiro atoms. The van der Waals surface area contributed by atoms with Gasteiger partial charge in [-0.15, -0.1) is 0 Å². The van der Waals surface area contributed by atoms with Crippen LogP contribution >= 0.6 is 0 Å². The molecule has 0 unspecified atom stereocenters. The third-order valence-electron chi connectivity index (χ3n) is 6.46. The SMILES string of the molecule is CCOC(=O)[C@@]1(Cc2ccc(O)cc2)N[C@@H](c2ccccc2C)[C@H]2C(=O)N(C)C(=O)[C@@H]21. The topological polar surface area (TPSA) is 95.9 Å². The highest BCUT2D eigenvalue weighted by molar-refractivity contribution is 6.09. The fourth-order valence-corrected chi connectivity index (χ4v) is 4.97. The fraction of sp³-hybridized carbons (Fsp3) is 0.375. The summed E-state index contributed by atoms with van der Waals surface area (Å²) in [5.74, 6) is -2.72. The monoisotopic (exact) mass is 422 g/mol. The number of benzene rings is 2. The van der Waals surface area contributed by atoms with Gasteiger partial charge in [0.05, 0.1) is 18.4 Å². The van der Waals surface area contributed by atoms with Gasteiger partial charge >= 0.3 is 5.97 Å². The number of phenolic OH excluding ortho intramolecular Hbond substituents is 1. The largest absolute Gasteiger partial charge is 0.508 e. The molecule has 0 saturated carbocycles. The molecule has 4 atom stereocenters. The molecule has 2 fully saturated rings. The molecule has 0 bridgehead atoms. The number of carbonyl (C=O) groups excluding carboxylic acids is 3. The van der Waals surface area contributed by atoms with Gasteiger partial charge in [-0.3, -0.25) is 24.6 Å². The summed E-state index contributed by atoms with van der Waals surface area (Å²) in [6.45, 7) is 3.81. The second-order valence-electron chi connectivity index (χ2n) is 8.25. The van der Waals surface area contributed by atoms with E-state index in [1.807, 2.05) is 31.2 Å². The molecule has 2 heterocycles. The van der Waals surface area contributed by atoms with Crippen molar-refractivity contribution in [1.29, 1.82) is 0 Å². The number of rotatable bonds is 5. The number of amides is 2. The molecule has 0 radical (unpaired) electrons. The van der Waals surface area contributed by atoms with Crippen LogP contribution in [0.15, 0.2) is 48.5 Å². The highest BCUT2D eigenvalue weighted by Gasteiger charge is 2.68. The summed E-state index contributed by atoms with van der Waals surface area (Å²) < 4.78 is 5.43. The number of aromatic hydroxyl groups is 1. The molecule has 31 heavy (non-hydrogen) atoms. The molecule has 2 aromatic carbocycles. The first kappa shape index (κ1) is 21.1. The standard InChI is InChI=1S/C24H26N2O5/c1-4-31-23(30)24(13-15-9-11-16(27)12-10-15)19-18(21(28)26(3)22(19)29)20(25-24)17-8-6-5-7-14(17)2/h5-12,18-20,25,27H,4,13H2,1-3H3/t18-,19+,20-,24-/m0/s1. The Bertz CT molecular complexity index is 1030. The lowest BCUT2D eigenvalue weighted by atomic mass is 9.76. The molecule has 2 saturated heterocycles. The summed E-state index contributed by atoms with van der Waals surface area (Å²) in [6.07, 6.45) is 0.155. The van der Waals surface area contributed by atoms with Crippen molar-refractivity contribution in [2.75, 3.05) is 13.7 Å². The number of ether oxygens (including phenoxy) is 1. The average Bonchev–Trinajstić information content (AvgIpc) is 3.20. The van der Waals surface area contributed by atoms with Gasteiger partial charge in [0.25, 0.3) is 0 Å². The molecule has 4 rings (SSSR count). The van der Waals surface area contributed by atoms with Gasteiger partial charge in [-0.25, -0.2) is 0 Å². The van der Waals surface area contributed by atoms with Crippen molar-refractivity contribution in [1.82, 2.24) is 10.2 Å². The first-order valence-corrected chi connectivity index (χ1v) is 10.4. The zero-order valence-corrected chi connectivity index (χ0v) is 17.8. The van der Waals surface area contributed by atoms with E-state index in [0.29, 0.717) is 0 Å². The predicted octanol–water partition coefficient (Wildman–Crippen LogP) is 2.12. The third-order valence-corrected chi connectivity index (χ3v) is 6.46. The number of fused-ring (bicyclic) bond motifs is 1. The van der Waals surface area contributed by atoms with Gasteiger partial charge < -0.3 is 9.84 Å². The minimum absolute atomic E-state index is 0.107. The number of esters is 1. The van der Waals surface area contributed by atoms with E-state index in [0.717, 1.165) is 21.6 Å². The van der Waals surface area contributed by atoms with Crippen LogP contribution < -0.4 is 5.32 Å². The van der Waals surface area contributed by atoms with Gasteiger partial charge in [-0.05, 0) is 42.7 Å². The highest BCUT2D eigenvalue weighted by atomic mass is 16.5. The summed E-state index contributed by atoms with van der Waals surface area (Å²) in [4.78, 5) is 40.9. The molecule has 2 N–H and O–H groups in total. The van der Waals surface area contributed by atoms with Crippen LogP contribution in [0.2, 0.25) is 0 Å². The molecule has 2 aliphatic rings. The van der Waals surface area contributed by atoms with Crippen LogP contribution in [-0.4, -0.2) is 47.0 Å². The molecule has 0 aliphatic carbocycles. The second kappa shape index (κ2) is 7.81. The number of hydrogen-bond donors (Lipinski definition) is 2. The van der Waals surface area contributed by atoms with E-state index in [2.05, 4.69) is 5.32 Å². The fourth-order valence-electron chi connectivity index (χ4n) is 4.97. The Hall–Kier alpha value is -3.19. The number of nitrogens with one attached hydrogen (secondary N) is 1. The van der Waals surface area contributed by atoms with Crippen LogP contribution in [0.4, 0.5) is 0 Å². The molecular weight excluding hydrogens is 396 g/mol. The molecular formula is C24H26N2O5. The van der Waals surface area contributed by atoms with E-state index in [-0.39, 0.29) is 30.6 Å². The average molecular weight is 422 g/mol. The Morgan fingerprint density at radius 2 is 1.81 bits per heavy atom. The van der Waals surface area contributed by atoms with Crippen molar-refractivity contribution >= 4 is 17.8 Å². The van der Waals surface area contributed by atoms with E-state index in [4.69, 9.17) is 4.74 Å². The zero-order valence-electron chi connectivity index (χ0n) is 17.8. The normalized spacial score (nSPS) is 27.5. The van der Waals surface area contributed by atoms with Crippen molar-refractivity contribution in [2.45, 2.75) is 31.8 Å². The van der Waals surface area contributed by atoms with Crippen LogP contribution in [0.5, 0.6) is 5.75 Å². The van der Waals surface area contributed by atoms with Gasteiger partial charge in [-0.2, -0.15) is 0 Å². The van der Waals surface area contributed by atoms with Gasteiger partial charge in [0.15, 0.2) is 0 Å². The second-order valence-corrected chi connectivity index (χ2v) is 8.25. The van der Waals surface area contributed by atoms with Crippen LogP contribution in [-0.2, 0) is 25.5 Å². The minimum atomic E-state index is -1.40. The Morgan fingerprint density at radius 1 is 1.13 bits per heavy atom. The zero-order chi connectivity index (χ0) is 22.3. The van der Waals surface area contributed by atoms with Crippen molar-refractivity contribution in [2.24, 2.45) is 11.8 Å². The number of nitrogens with zero attached hydrogens (tertiary/aromatic N) is 1. The van der Waals surface area contributed by atoms with Crippen molar-refractivity contribution in [3.05, 3.63) is 65.2 Å². The minimum Gasteiger partial charge on any atom is -0.508 e. The Morgan fingerprint density at radius 3 is 2.45 bits per heavy atom. The Kier molecular flexibility index (Phi) is 5.31. The van der Waals surface area contributed by atoms with Gasteiger partial charge in [0.2, 0.25) is 11.8 Å². The van der Waals surface area contributed by atoms with Crippen LogP contribution in [0.1, 0.15) is 29.7 Å². The van der Waals surface area contributed by atoms with E-state index in [1.165, 1.54) is 19.2 Å². The van der Waals surface area contributed by atoms with E-state index in [9.17, 15) is 19.5 Å². The lowest BCUT2D eigenvalue weighted by Crippen LogP contribution is -2.57. The molecule has 7 nitrogen and oxygen atoms in total. The number of aryl methyl sites for hydroxylation is 1. The first-order chi connectivity index (χ1) is 14.8. The summed E-state index contributed by atoms with van der Waals surface area (Å²) in [7, 11) is 1.47. The molecule has 2 aliphatic heterocycles.